The Labute approximate surface area is 137 Å². The fourth-order valence-corrected chi connectivity index (χ4v) is 2.57. The number of nitrogens with two attached hydrogens (primary N) is 1. The van der Waals surface area contributed by atoms with E-state index in [1.54, 1.807) is 0 Å². The van der Waals surface area contributed by atoms with Crippen LogP contribution in [0.2, 0.25) is 0 Å². The molecule has 0 unspecified atom stereocenters. The summed E-state index contributed by atoms with van der Waals surface area (Å²) in [6.07, 6.45) is 1.00. The highest BCUT2D eigenvalue weighted by Crippen LogP contribution is 2.22. The van der Waals surface area contributed by atoms with Crippen molar-refractivity contribution in [1.82, 2.24) is 0 Å². The second-order valence-electron chi connectivity index (χ2n) is 5.58. The summed E-state index contributed by atoms with van der Waals surface area (Å²) in [6, 6.07) is 22.7. The quantitative estimate of drug-likeness (QED) is 0.572. The summed E-state index contributed by atoms with van der Waals surface area (Å²) in [5.74, 6) is 0.480. The van der Waals surface area contributed by atoms with Crippen molar-refractivity contribution in [3.8, 4) is 0 Å². The Morgan fingerprint density at radius 3 is 2.52 bits per heavy atom. The Bertz CT molecular complexity index is 852. The number of fused-ring (bicyclic) bond motifs is 1. The van der Waals surface area contributed by atoms with Crippen LogP contribution >= 0.6 is 0 Å². The van der Waals surface area contributed by atoms with Gasteiger partial charge in [0.15, 0.2) is 0 Å². The molecule has 3 nitrogen and oxygen atoms in total. The number of guanidine groups is 1. The summed E-state index contributed by atoms with van der Waals surface area (Å²) in [5, 5.41) is 2.37. The molecule has 3 heteroatoms. The van der Waals surface area contributed by atoms with Crippen LogP contribution in [0.4, 0.5) is 11.4 Å². The topological polar surface area (TPSA) is 41.6 Å². The van der Waals surface area contributed by atoms with Crippen molar-refractivity contribution in [3.05, 3.63) is 72.3 Å². The molecule has 116 valence electrons. The van der Waals surface area contributed by atoms with Crippen molar-refractivity contribution in [2.45, 2.75) is 13.3 Å². The molecule has 0 aromatic heterocycles. The average molecular weight is 303 g/mol. The minimum Gasteiger partial charge on any atom is -0.369 e. The van der Waals surface area contributed by atoms with Gasteiger partial charge in [0.1, 0.15) is 0 Å². The third-order valence-corrected chi connectivity index (χ3v) is 4.03. The molecule has 23 heavy (non-hydrogen) atoms. The molecule has 0 aliphatic heterocycles. The van der Waals surface area contributed by atoms with E-state index < -0.39 is 0 Å². The molecular formula is C20H21N3. The van der Waals surface area contributed by atoms with Gasteiger partial charge in [-0.2, -0.15) is 0 Å². The van der Waals surface area contributed by atoms with Crippen LogP contribution in [0.25, 0.3) is 10.8 Å². The predicted octanol–water partition coefficient (Wildman–Crippen LogP) is 4.48. The summed E-state index contributed by atoms with van der Waals surface area (Å²) >= 11 is 0. The third kappa shape index (κ3) is 3.34. The maximum absolute atomic E-state index is 6.19. The Hall–Kier alpha value is -2.81. The lowest BCUT2D eigenvalue weighted by atomic mass is 10.1. The van der Waals surface area contributed by atoms with Crippen LogP contribution in [-0.4, -0.2) is 13.0 Å². The lowest BCUT2D eigenvalue weighted by Gasteiger charge is -2.19. The van der Waals surface area contributed by atoms with E-state index in [0.29, 0.717) is 5.96 Å². The highest BCUT2D eigenvalue weighted by Gasteiger charge is 2.06. The van der Waals surface area contributed by atoms with E-state index in [-0.39, 0.29) is 0 Å². The van der Waals surface area contributed by atoms with Crippen LogP contribution in [-0.2, 0) is 6.42 Å². The van der Waals surface area contributed by atoms with Crippen molar-refractivity contribution in [2.75, 3.05) is 11.9 Å². The second kappa shape index (κ2) is 6.53. The molecule has 0 spiro atoms. The van der Waals surface area contributed by atoms with Gasteiger partial charge in [0.2, 0.25) is 5.96 Å². The third-order valence-electron chi connectivity index (χ3n) is 4.03. The van der Waals surface area contributed by atoms with E-state index >= 15 is 0 Å². The summed E-state index contributed by atoms with van der Waals surface area (Å²) in [7, 11) is 1.94. The Morgan fingerprint density at radius 1 is 0.957 bits per heavy atom. The number of hydrogen-bond donors (Lipinski definition) is 1. The minimum absolute atomic E-state index is 0.480. The van der Waals surface area contributed by atoms with E-state index in [1.807, 2.05) is 42.3 Å². The van der Waals surface area contributed by atoms with Gasteiger partial charge in [-0.25, -0.2) is 4.99 Å². The standard InChI is InChI=1S/C20H21N3/c1-3-15-7-6-10-19(13-15)23(2)20(21)22-18-12-11-16-8-4-5-9-17(16)14-18/h4-14H,3H2,1-2H3,(H2,21,22). The first-order valence-electron chi connectivity index (χ1n) is 7.83. The van der Waals surface area contributed by atoms with Gasteiger partial charge in [0, 0.05) is 12.7 Å². The highest BCUT2D eigenvalue weighted by atomic mass is 15.2. The van der Waals surface area contributed by atoms with E-state index in [9.17, 15) is 0 Å². The largest absolute Gasteiger partial charge is 0.369 e. The molecule has 3 rings (SSSR count). The van der Waals surface area contributed by atoms with Gasteiger partial charge in [0.25, 0.3) is 0 Å². The van der Waals surface area contributed by atoms with Crippen molar-refractivity contribution >= 4 is 28.1 Å². The van der Waals surface area contributed by atoms with Crippen molar-refractivity contribution < 1.29 is 0 Å². The number of benzene rings is 3. The fraction of sp³-hybridized carbons (Fsp3) is 0.150. The van der Waals surface area contributed by atoms with Gasteiger partial charge in [-0.3, -0.25) is 0 Å². The van der Waals surface area contributed by atoms with Crippen LogP contribution in [0.1, 0.15) is 12.5 Å². The zero-order valence-electron chi connectivity index (χ0n) is 13.5. The number of nitrogens with zero attached hydrogens (tertiary/aromatic N) is 2. The maximum atomic E-state index is 6.19. The number of rotatable bonds is 3. The molecule has 0 heterocycles. The molecule has 3 aromatic rings. The molecule has 0 amide bonds. The molecule has 0 aliphatic carbocycles. The van der Waals surface area contributed by atoms with E-state index in [0.717, 1.165) is 23.2 Å². The second-order valence-corrected chi connectivity index (χ2v) is 5.58. The summed E-state index contributed by atoms with van der Waals surface area (Å²) < 4.78 is 0. The maximum Gasteiger partial charge on any atom is 0.200 e. The minimum atomic E-state index is 0.480. The summed E-state index contributed by atoms with van der Waals surface area (Å²) in [4.78, 5) is 6.47. The number of hydrogen-bond acceptors (Lipinski definition) is 1. The lowest BCUT2D eigenvalue weighted by molar-refractivity contribution is 1.13. The van der Waals surface area contributed by atoms with Crippen LogP contribution in [0.5, 0.6) is 0 Å². The van der Waals surface area contributed by atoms with Crippen molar-refractivity contribution in [2.24, 2.45) is 10.7 Å². The van der Waals surface area contributed by atoms with E-state index in [1.165, 1.54) is 10.9 Å². The van der Waals surface area contributed by atoms with Gasteiger partial charge in [-0.05, 0) is 47.0 Å². The lowest BCUT2D eigenvalue weighted by Crippen LogP contribution is -2.33. The van der Waals surface area contributed by atoms with Gasteiger partial charge in [-0.1, -0.05) is 49.4 Å². The van der Waals surface area contributed by atoms with E-state index in [2.05, 4.69) is 48.3 Å². The smallest absolute Gasteiger partial charge is 0.200 e. The van der Waals surface area contributed by atoms with Gasteiger partial charge in [0.05, 0.1) is 5.69 Å². The molecule has 2 N–H and O–H groups in total. The molecule has 0 saturated heterocycles. The highest BCUT2D eigenvalue weighted by molar-refractivity contribution is 5.96. The average Bonchev–Trinajstić information content (AvgIpc) is 2.61. The Balaban J connectivity index is 1.90. The first-order chi connectivity index (χ1) is 11.2. The van der Waals surface area contributed by atoms with Gasteiger partial charge in [-0.15, -0.1) is 0 Å². The molecule has 0 aliphatic rings. The summed E-state index contributed by atoms with van der Waals surface area (Å²) in [6.45, 7) is 2.14. The molecule has 3 aromatic carbocycles. The van der Waals surface area contributed by atoms with Crippen LogP contribution in [0, 0.1) is 0 Å². The van der Waals surface area contributed by atoms with Crippen LogP contribution < -0.4 is 10.6 Å². The van der Waals surface area contributed by atoms with Crippen LogP contribution in [0.3, 0.4) is 0 Å². The number of anilines is 1. The molecule has 0 bridgehead atoms. The molecule has 0 atom stereocenters. The summed E-state index contributed by atoms with van der Waals surface area (Å²) in [5.41, 5.74) is 9.39. The molecular weight excluding hydrogens is 282 g/mol. The van der Waals surface area contributed by atoms with E-state index in [4.69, 9.17) is 5.73 Å². The van der Waals surface area contributed by atoms with Gasteiger partial charge >= 0.3 is 0 Å². The van der Waals surface area contributed by atoms with Crippen molar-refractivity contribution in [1.29, 1.82) is 0 Å². The van der Waals surface area contributed by atoms with Crippen molar-refractivity contribution in [3.63, 3.8) is 0 Å². The fourth-order valence-electron chi connectivity index (χ4n) is 2.57. The SMILES string of the molecule is CCc1cccc(N(C)C(N)=Nc2ccc3ccccc3c2)c1. The monoisotopic (exact) mass is 303 g/mol. The first kappa shape index (κ1) is 15.1. The zero-order chi connectivity index (χ0) is 16.2. The zero-order valence-corrected chi connectivity index (χ0v) is 13.5. The number of aliphatic imine (C=N–C) groups is 1. The van der Waals surface area contributed by atoms with Crippen LogP contribution in [0.15, 0.2) is 71.7 Å². The number of aryl methyl sites for hydroxylation is 1. The molecule has 0 saturated carbocycles. The Kier molecular flexibility index (Phi) is 4.29. The molecule has 0 radical (unpaired) electrons. The Morgan fingerprint density at radius 2 is 1.74 bits per heavy atom. The predicted molar refractivity (Wildman–Crippen MR) is 99.5 cm³/mol. The normalized spacial score (nSPS) is 11.7. The first-order valence-corrected chi connectivity index (χ1v) is 7.83. The molecule has 0 fully saturated rings. The van der Waals surface area contributed by atoms with Gasteiger partial charge < -0.3 is 10.6 Å².